The van der Waals surface area contributed by atoms with Gasteiger partial charge in [0.25, 0.3) is 0 Å². The van der Waals surface area contributed by atoms with E-state index in [1.807, 2.05) is 13.0 Å². The van der Waals surface area contributed by atoms with Gasteiger partial charge in [-0.05, 0) is 78.1 Å². The normalized spacial score (nSPS) is 30.9. The number of aryl methyl sites for hydroxylation is 1. The minimum Gasteiger partial charge on any atom is -0.505 e. The molecule has 4 nitrogen and oxygen atoms in total. The summed E-state index contributed by atoms with van der Waals surface area (Å²) in [5.41, 5.74) is 7.76. The molecule has 1 aromatic carbocycles. The first-order chi connectivity index (χ1) is 10.5. The van der Waals surface area contributed by atoms with Crippen LogP contribution in [0.25, 0.3) is 0 Å². The van der Waals surface area contributed by atoms with E-state index in [9.17, 15) is 9.90 Å². The molecule has 2 atom stereocenters. The molecule has 2 aliphatic rings. The van der Waals surface area contributed by atoms with Crippen LogP contribution in [-0.4, -0.2) is 17.1 Å². The van der Waals surface area contributed by atoms with Gasteiger partial charge >= 0.3 is 0 Å². The van der Waals surface area contributed by atoms with Crippen LogP contribution < -0.4 is 11.1 Å². The van der Waals surface area contributed by atoms with Crippen LogP contribution in [0.2, 0.25) is 0 Å². The van der Waals surface area contributed by atoms with Crippen LogP contribution in [0.3, 0.4) is 0 Å². The number of phenols is 1. The number of aromatic hydroxyl groups is 1. The summed E-state index contributed by atoms with van der Waals surface area (Å²) < 4.78 is 0.602. The summed E-state index contributed by atoms with van der Waals surface area (Å²) in [5, 5.41) is 13.0. The second-order valence-electron chi connectivity index (χ2n) is 6.83. The number of benzene rings is 1. The SMILES string of the molecule is Cc1cc(Br)c(O)c(NC(=O)C2CC3CCCC(C2)C3N)c1. The molecular weight excluding hydrogens is 344 g/mol. The Hall–Kier alpha value is -1.07. The van der Waals surface area contributed by atoms with E-state index in [0.29, 0.717) is 22.0 Å². The van der Waals surface area contributed by atoms with Crippen molar-refractivity contribution in [1.29, 1.82) is 0 Å². The molecule has 0 radical (unpaired) electrons. The van der Waals surface area contributed by atoms with Gasteiger partial charge in [0.1, 0.15) is 0 Å². The Morgan fingerprint density at radius 2 is 1.95 bits per heavy atom. The first kappa shape index (κ1) is 15.8. The number of nitrogens with one attached hydrogen (secondary N) is 1. The maximum atomic E-state index is 12.6. The number of phenolic OH excluding ortho intramolecular Hbond substituents is 1. The van der Waals surface area contributed by atoms with Crippen molar-refractivity contribution in [3.8, 4) is 5.75 Å². The van der Waals surface area contributed by atoms with Gasteiger partial charge < -0.3 is 16.2 Å². The van der Waals surface area contributed by atoms with Crippen LogP contribution in [0.5, 0.6) is 5.75 Å². The Bertz CT molecular complexity index is 576. The highest BCUT2D eigenvalue weighted by Gasteiger charge is 2.40. The van der Waals surface area contributed by atoms with E-state index in [1.54, 1.807) is 6.07 Å². The fourth-order valence-corrected chi connectivity index (χ4v) is 4.64. The third-order valence-electron chi connectivity index (χ3n) is 5.25. The number of carbonyl (C=O) groups is 1. The Kier molecular flexibility index (Phi) is 4.46. The summed E-state index contributed by atoms with van der Waals surface area (Å²) in [7, 11) is 0. The van der Waals surface area contributed by atoms with E-state index in [0.717, 1.165) is 31.2 Å². The third-order valence-corrected chi connectivity index (χ3v) is 5.85. The molecule has 1 aromatic rings. The van der Waals surface area contributed by atoms with Gasteiger partial charge in [-0.3, -0.25) is 4.79 Å². The molecule has 2 fully saturated rings. The average Bonchev–Trinajstić information content (AvgIpc) is 2.43. The number of hydrogen-bond acceptors (Lipinski definition) is 3. The lowest BCUT2D eigenvalue weighted by Gasteiger charge is -2.43. The Balaban J connectivity index is 1.73. The topological polar surface area (TPSA) is 75.3 Å². The van der Waals surface area contributed by atoms with Gasteiger partial charge in [-0.1, -0.05) is 6.42 Å². The molecule has 0 heterocycles. The average molecular weight is 367 g/mol. The largest absolute Gasteiger partial charge is 0.505 e. The highest BCUT2D eigenvalue weighted by Crippen LogP contribution is 2.42. The van der Waals surface area contributed by atoms with Gasteiger partial charge in [0.05, 0.1) is 10.2 Å². The number of nitrogens with two attached hydrogens (primary N) is 1. The van der Waals surface area contributed by atoms with E-state index in [-0.39, 0.29) is 23.6 Å². The van der Waals surface area contributed by atoms with Crippen molar-refractivity contribution < 1.29 is 9.90 Å². The Morgan fingerprint density at radius 3 is 2.59 bits per heavy atom. The van der Waals surface area contributed by atoms with E-state index < -0.39 is 0 Å². The summed E-state index contributed by atoms with van der Waals surface area (Å²) >= 11 is 3.31. The number of carbonyl (C=O) groups excluding carboxylic acids is 1. The molecule has 0 aliphatic heterocycles. The maximum Gasteiger partial charge on any atom is 0.227 e. The first-order valence-electron chi connectivity index (χ1n) is 8.01. The van der Waals surface area contributed by atoms with Gasteiger partial charge in [-0.15, -0.1) is 0 Å². The fourth-order valence-electron chi connectivity index (χ4n) is 4.07. The number of rotatable bonds is 2. The lowest BCUT2D eigenvalue weighted by Crippen LogP contribution is -2.48. The van der Waals surface area contributed by atoms with Crippen molar-refractivity contribution in [2.45, 2.75) is 45.1 Å². The van der Waals surface area contributed by atoms with Crippen LogP contribution in [0, 0.1) is 24.7 Å². The van der Waals surface area contributed by atoms with Crippen molar-refractivity contribution in [3.05, 3.63) is 22.2 Å². The number of anilines is 1. The summed E-state index contributed by atoms with van der Waals surface area (Å²) in [6, 6.07) is 3.89. The molecule has 3 rings (SSSR count). The standard InChI is InChI=1S/C17H23BrN2O2/c1-9-5-13(18)16(21)14(6-9)20-17(22)12-7-10-3-2-4-11(8-12)15(10)19/h5-6,10-12,15,21H,2-4,7-8,19H2,1H3,(H,20,22). The molecule has 2 bridgehead atoms. The van der Waals surface area contributed by atoms with Crippen molar-refractivity contribution in [2.24, 2.45) is 23.5 Å². The van der Waals surface area contributed by atoms with Crippen molar-refractivity contribution in [2.75, 3.05) is 5.32 Å². The summed E-state index contributed by atoms with van der Waals surface area (Å²) in [4.78, 5) is 12.6. The van der Waals surface area contributed by atoms with Gasteiger partial charge in [0.15, 0.2) is 5.75 Å². The third kappa shape index (κ3) is 3.01. The van der Waals surface area contributed by atoms with Gasteiger partial charge in [-0.25, -0.2) is 0 Å². The number of halogens is 1. The van der Waals surface area contributed by atoms with Crippen molar-refractivity contribution >= 4 is 27.5 Å². The molecule has 22 heavy (non-hydrogen) atoms. The Morgan fingerprint density at radius 1 is 1.32 bits per heavy atom. The molecular formula is C17H23BrN2O2. The quantitative estimate of drug-likeness (QED) is 0.700. The van der Waals surface area contributed by atoms with E-state index in [2.05, 4.69) is 21.2 Å². The number of amides is 1. The lowest BCUT2D eigenvalue weighted by atomic mass is 9.65. The molecule has 4 N–H and O–H groups in total. The number of hydrogen-bond donors (Lipinski definition) is 3. The predicted octanol–water partition coefficient (Wildman–Crippen LogP) is 3.56. The highest BCUT2D eigenvalue weighted by molar-refractivity contribution is 9.10. The van der Waals surface area contributed by atoms with Gasteiger partial charge in [0.2, 0.25) is 5.91 Å². The van der Waals surface area contributed by atoms with E-state index in [4.69, 9.17) is 5.73 Å². The van der Waals surface area contributed by atoms with Crippen LogP contribution in [-0.2, 0) is 4.79 Å². The summed E-state index contributed by atoms with van der Waals surface area (Å²) in [6.07, 6.45) is 5.27. The monoisotopic (exact) mass is 366 g/mol. The van der Waals surface area contributed by atoms with Crippen LogP contribution in [0.4, 0.5) is 5.69 Å². The fraction of sp³-hybridized carbons (Fsp3) is 0.588. The van der Waals surface area contributed by atoms with Gasteiger partial charge in [-0.2, -0.15) is 0 Å². The second kappa shape index (κ2) is 6.20. The molecule has 0 aromatic heterocycles. The van der Waals surface area contributed by atoms with Crippen LogP contribution in [0.1, 0.15) is 37.7 Å². The zero-order valence-corrected chi connectivity index (χ0v) is 14.4. The molecule has 0 spiro atoms. The zero-order chi connectivity index (χ0) is 15.9. The van der Waals surface area contributed by atoms with Crippen LogP contribution in [0.15, 0.2) is 16.6 Å². The molecule has 120 valence electrons. The Labute approximate surface area is 139 Å². The molecule has 1 amide bonds. The molecule has 5 heteroatoms. The predicted molar refractivity (Wildman–Crippen MR) is 90.7 cm³/mol. The molecule has 2 aliphatic carbocycles. The van der Waals surface area contributed by atoms with Gasteiger partial charge in [0, 0.05) is 12.0 Å². The molecule has 0 saturated heterocycles. The van der Waals surface area contributed by atoms with Crippen LogP contribution >= 0.6 is 15.9 Å². The zero-order valence-electron chi connectivity index (χ0n) is 12.8. The maximum absolute atomic E-state index is 12.6. The lowest BCUT2D eigenvalue weighted by molar-refractivity contribution is -0.122. The van der Waals surface area contributed by atoms with E-state index in [1.165, 1.54) is 6.42 Å². The number of fused-ring (bicyclic) bond motifs is 2. The molecule has 2 unspecified atom stereocenters. The summed E-state index contributed by atoms with van der Waals surface area (Å²) in [5.74, 6) is 1.05. The minimum absolute atomic E-state index is 0.00814. The second-order valence-corrected chi connectivity index (χ2v) is 7.68. The van der Waals surface area contributed by atoms with Crippen molar-refractivity contribution in [1.82, 2.24) is 0 Å². The highest BCUT2D eigenvalue weighted by atomic mass is 79.9. The smallest absolute Gasteiger partial charge is 0.227 e. The minimum atomic E-state index is 0.00814. The summed E-state index contributed by atoms with van der Waals surface area (Å²) in [6.45, 7) is 1.93. The van der Waals surface area contributed by atoms with Crippen molar-refractivity contribution in [3.63, 3.8) is 0 Å². The molecule has 2 saturated carbocycles. The van der Waals surface area contributed by atoms with E-state index >= 15 is 0 Å². The first-order valence-corrected chi connectivity index (χ1v) is 8.80.